The Bertz CT molecular complexity index is 443. The monoisotopic (exact) mass is 290 g/mol. The zero-order valence-corrected chi connectivity index (χ0v) is 11.7. The van der Waals surface area contributed by atoms with Gasteiger partial charge in [-0.05, 0) is 25.0 Å². The van der Waals surface area contributed by atoms with Crippen LogP contribution in [0.3, 0.4) is 0 Å². The first-order valence-corrected chi connectivity index (χ1v) is 6.71. The van der Waals surface area contributed by atoms with Crippen LogP contribution in [0.25, 0.3) is 0 Å². The lowest BCUT2D eigenvalue weighted by Crippen LogP contribution is -2.54. The van der Waals surface area contributed by atoms with Gasteiger partial charge in [0.1, 0.15) is 5.54 Å². The minimum Gasteiger partial charge on any atom is -0.480 e. The van der Waals surface area contributed by atoms with E-state index in [1.807, 2.05) is 0 Å². The third-order valence-corrected chi connectivity index (χ3v) is 3.93. The molecule has 3 N–H and O–H groups in total. The molecule has 0 atom stereocenters. The minimum absolute atomic E-state index is 0.317. The van der Waals surface area contributed by atoms with E-state index in [9.17, 15) is 14.7 Å². The largest absolute Gasteiger partial charge is 0.480 e. The summed E-state index contributed by atoms with van der Waals surface area (Å²) in [6.07, 6.45) is 0.634. The molecule has 1 aromatic heterocycles. The molecule has 0 spiro atoms. The zero-order chi connectivity index (χ0) is 13.8. The van der Waals surface area contributed by atoms with Gasteiger partial charge in [-0.1, -0.05) is 25.4 Å². The number of amides is 2. The minimum atomic E-state index is -1.23. The van der Waals surface area contributed by atoms with Gasteiger partial charge >= 0.3 is 12.0 Å². The van der Waals surface area contributed by atoms with E-state index in [2.05, 4.69) is 10.6 Å². The molecule has 5 nitrogen and oxygen atoms in total. The predicted octanol–water partition coefficient (Wildman–Crippen LogP) is 3.17. The number of rotatable bonds is 5. The van der Waals surface area contributed by atoms with Crippen LogP contribution in [0.4, 0.5) is 9.80 Å². The van der Waals surface area contributed by atoms with Gasteiger partial charge in [-0.3, -0.25) is 5.32 Å². The van der Waals surface area contributed by atoms with Crippen molar-refractivity contribution in [3.05, 3.63) is 16.5 Å². The number of carboxylic acid groups (broad SMARTS) is 1. The van der Waals surface area contributed by atoms with Crippen LogP contribution in [0.15, 0.2) is 12.1 Å². The molecule has 0 aliphatic heterocycles. The fraction of sp³-hybridized carbons (Fsp3) is 0.455. The number of hydrogen-bond donors (Lipinski definition) is 3. The van der Waals surface area contributed by atoms with Crippen LogP contribution in [-0.2, 0) is 4.79 Å². The van der Waals surface area contributed by atoms with Gasteiger partial charge in [0.15, 0.2) is 0 Å². The van der Waals surface area contributed by atoms with E-state index in [4.69, 9.17) is 11.6 Å². The van der Waals surface area contributed by atoms with Crippen LogP contribution in [0.1, 0.15) is 26.7 Å². The Labute approximate surface area is 114 Å². The van der Waals surface area contributed by atoms with Gasteiger partial charge in [0.2, 0.25) is 0 Å². The van der Waals surface area contributed by atoms with Gasteiger partial charge in [0.25, 0.3) is 0 Å². The predicted molar refractivity (Wildman–Crippen MR) is 72.4 cm³/mol. The van der Waals surface area contributed by atoms with Crippen molar-refractivity contribution >= 4 is 39.9 Å². The molecule has 1 aromatic rings. The second-order valence-electron chi connectivity index (χ2n) is 3.78. The first-order valence-electron chi connectivity index (χ1n) is 5.51. The summed E-state index contributed by atoms with van der Waals surface area (Å²) >= 11 is 6.95. The Hall–Kier alpha value is -1.27. The highest BCUT2D eigenvalue weighted by Crippen LogP contribution is 2.26. The summed E-state index contributed by atoms with van der Waals surface area (Å²) in [6, 6.07) is 2.78. The molecule has 0 radical (unpaired) electrons. The van der Waals surface area contributed by atoms with Gasteiger partial charge in [-0.25, -0.2) is 9.59 Å². The molecule has 100 valence electrons. The number of nitrogens with one attached hydrogen (secondary N) is 2. The molecule has 0 bridgehead atoms. The van der Waals surface area contributed by atoms with Crippen LogP contribution >= 0.6 is 22.9 Å². The topological polar surface area (TPSA) is 78.4 Å². The molecule has 0 aromatic carbocycles. The van der Waals surface area contributed by atoms with Crippen molar-refractivity contribution in [2.45, 2.75) is 32.2 Å². The number of thiophene rings is 1. The maximum atomic E-state index is 11.7. The number of carboxylic acids is 1. The first kappa shape index (κ1) is 14.8. The normalized spacial score (nSPS) is 11.1. The van der Waals surface area contributed by atoms with E-state index in [0.29, 0.717) is 22.2 Å². The van der Waals surface area contributed by atoms with E-state index in [1.54, 1.807) is 26.0 Å². The van der Waals surface area contributed by atoms with Crippen LogP contribution in [-0.4, -0.2) is 22.6 Å². The van der Waals surface area contributed by atoms with E-state index in [0.717, 1.165) is 0 Å². The van der Waals surface area contributed by atoms with Crippen molar-refractivity contribution in [1.29, 1.82) is 0 Å². The number of anilines is 1. The van der Waals surface area contributed by atoms with E-state index in [-0.39, 0.29) is 0 Å². The lowest BCUT2D eigenvalue weighted by Gasteiger charge is -2.27. The van der Waals surface area contributed by atoms with Crippen molar-refractivity contribution < 1.29 is 14.7 Å². The third-order valence-electron chi connectivity index (χ3n) is 2.78. The quantitative estimate of drug-likeness (QED) is 0.779. The lowest BCUT2D eigenvalue weighted by atomic mass is 9.93. The maximum absolute atomic E-state index is 11.7. The molecular formula is C11H15ClN2O3S. The number of halogens is 1. The number of carbonyl (C=O) groups excluding carboxylic acids is 1. The highest BCUT2D eigenvalue weighted by atomic mass is 35.5. The van der Waals surface area contributed by atoms with Crippen LogP contribution < -0.4 is 10.6 Å². The van der Waals surface area contributed by atoms with Gasteiger partial charge in [0, 0.05) is 0 Å². The van der Waals surface area contributed by atoms with Crippen molar-refractivity contribution in [3.63, 3.8) is 0 Å². The SMILES string of the molecule is CCC(CC)(NC(=O)Nc1ccc(Cl)s1)C(=O)O. The highest BCUT2D eigenvalue weighted by molar-refractivity contribution is 7.20. The zero-order valence-electron chi connectivity index (χ0n) is 10.1. The number of urea groups is 1. The Morgan fingerprint density at radius 3 is 2.39 bits per heavy atom. The smallest absolute Gasteiger partial charge is 0.329 e. The molecule has 0 saturated carbocycles. The van der Waals surface area contributed by atoms with Crippen LogP contribution in [0.5, 0.6) is 0 Å². The molecule has 0 aliphatic carbocycles. The average Bonchev–Trinajstić information content (AvgIpc) is 2.71. The first-order chi connectivity index (χ1) is 8.43. The maximum Gasteiger partial charge on any atom is 0.329 e. The van der Waals surface area contributed by atoms with Gasteiger partial charge in [-0.15, -0.1) is 11.3 Å². The van der Waals surface area contributed by atoms with Crippen LogP contribution in [0, 0.1) is 0 Å². The highest BCUT2D eigenvalue weighted by Gasteiger charge is 2.36. The molecule has 1 heterocycles. The Morgan fingerprint density at radius 1 is 1.39 bits per heavy atom. The Kier molecular flexibility index (Phi) is 4.98. The third kappa shape index (κ3) is 3.36. The van der Waals surface area contributed by atoms with Gasteiger partial charge < -0.3 is 10.4 Å². The van der Waals surface area contributed by atoms with Crippen LogP contribution in [0.2, 0.25) is 4.34 Å². The molecule has 0 aliphatic rings. The summed E-state index contributed by atoms with van der Waals surface area (Å²) in [5, 5.41) is 14.8. The molecule has 0 saturated heterocycles. The summed E-state index contributed by atoms with van der Waals surface area (Å²) in [5.41, 5.74) is -1.23. The molecule has 7 heteroatoms. The van der Waals surface area contributed by atoms with Crippen molar-refractivity contribution in [2.24, 2.45) is 0 Å². The summed E-state index contributed by atoms with van der Waals surface area (Å²) in [5.74, 6) is -1.04. The Morgan fingerprint density at radius 2 is 2.00 bits per heavy atom. The molecule has 1 rings (SSSR count). The van der Waals surface area contributed by atoms with Crippen molar-refractivity contribution in [1.82, 2.24) is 5.32 Å². The molecule has 0 unspecified atom stereocenters. The summed E-state index contributed by atoms with van der Waals surface area (Å²) in [6.45, 7) is 3.44. The number of carbonyl (C=O) groups is 2. The molecule has 18 heavy (non-hydrogen) atoms. The summed E-state index contributed by atoms with van der Waals surface area (Å²) in [7, 11) is 0. The number of hydrogen-bond acceptors (Lipinski definition) is 3. The lowest BCUT2D eigenvalue weighted by molar-refractivity contribution is -0.144. The number of aliphatic carboxylic acids is 1. The molecular weight excluding hydrogens is 276 g/mol. The van der Waals surface area contributed by atoms with Gasteiger partial charge in [-0.2, -0.15) is 0 Å². The van der Waals surface area contributed by atoms with E-state index < -0.39 is 17.5 Å². The second-order valence-corrected chi connectivity index (χ2v) is 5.49. The van der Waals surface area contributed by atoms with Gasteiger partial charge in [0.05, 0.1) is 9.34 Å². The molecule has 0 fully saturated rings. The Balaban J connectivity index is 2.70. The van der Waals surface area contributed by atoms with E-state index in [1.165, 1.54) is 11.3 Å². The summed E-state index contributed by atoms with van der Waals surface area (Å²) in [4.78, 5) is 23.0. The second kappa shape index (κ2) is 6.06. The van der Waals surface area contributed by atoms with Crippen molar-refractivity contribution in [3.8, 4) is 0 Å². The van der Waals surface area contributed by atoms with E-state index >= 15 is 0 Å². The fourth-order valence-electron chi connectivity index (χ4n) is 1.52. The molecule has 2 amide bonds. The van der Waals surface area contributed by atoms with Crippen molar-refractivity contribution in [2.75, 3.05) is 5.32 Å². The fourth-order valence-corrected chi connectivity index (χ4v) is 2.46. The average molecular weight is 291 g/mol. The summed E-state index contributed by atoms with van der Waals surface area (Å²) < 4.78 is 0.556. The standard InChI is InChI=1S/C11H15ClN2O3S/c1-3-11(4-2,9(15)16)14-10(17)13-8-6-5-7(12)18-8/h5-6H,3-4H2,1-2H3,(H,15,16)(H2,13,14,17).